The van der Waals surface area contributed by atoms with Gasteiger partial charge in [0.1, 0.15) is 0 Å². The number of hydrogen-bond donors (Lipinski definition) is 0. The van der Waals surface area contributed by atoms with Crippen molar-refractivity contribution in [3.8, 4) is 0 Å². The maximum absolute atomic E-state index is 5.23. The summed E-state index contributed by atoms with van der Waals surface area (Å²) >= 11 is 7.30. The number of benzene rings is 4. The van der Waals surface area contributed by atoms with Crippen molar-refractivity contribution in [2.45, 2.75) is 26.7 Å². The summed E-state index contributed by atoms with van der Waals surface area (Å²) in [5.41, 5.74) is 8.39. The topological polar surface area (TPSA) is 24.7 Å². The van der Waals surface area contributed by atoms with Crippen molar-refractivity contribution < 1.29 is 0 Å². The Kier molecular flexibility index (Phi) is 5.60. The van der Waals surface area contributed by atoms with E-state index in [4.69, 9.17) is 9.98 Å². The van der Waals surface area contributed by atoms with Crippen molar-refractivity contribution in [3.63, 3.8) is 0 Å². The number of halogens is 2. The molecular weight excluding hydrogens is 524 g/mol. The number of hydrogen-bond acceptors (Lipinski definition) is 2. The van der Waals surface area contributed by atoms with E-state index in [1.807, 2.05) is 6.07 Å². The van der Waals surface area contributed by atoms with Gasteiger partial charge in [-0.05, 0) is 63.5 Å². The molecule has 0 saturated carbocycles. The second-order valence-corrected chi connectivity index (χ2v) is 10.2. The van der Waals surface area contributed by atoms with Crippen LogP contribution >= 0.6 is 31.9 Å². The van der Waals surface area contributed by atoms with E-state index in [0.29, 0.717) is 5.92 Å². The number of para-hydroxylation sites is 1. The van der Waals surface area contributed by atoms with Crippen LogP contribution in [0.5, 0.6) is 0 Å². The first-order valence-corrected chi connectivity index (χ1v) is 12.3. The number of aryl methyl sites for hydroxylation is 1. The smallest absolute Gasteiger partial charge is 0.0979 e. The van der Waals surface area contributed by atoms with Gasteiger partial charge in [0.15, 0.2) is 0 Å². The molecule has 0 radical (unpaired) electrons. The lowest BCUT2D eigenvalue weighted by Crippen LogP contribution is -2.10. The lowest BCUT2D eigenvalue weighted by Gasteiger charge is -2.11. The molecule has 32 heavy (non-hydrogen) atoms. The summed E-state index contributed by atoms with van der Waals surface area (Å²) in [6.07, 6.45) is 0. The number of aliphatic imine (C=N–C) groups is 2. The van der Waals surface area contributed by atoms with E-state index in [-0.39, 0.29) is 0 Å². The summed E-state index contributed by atoms with van der Waals surface area (Å²) in [7, 11) is 0. The van der Waals surface area contributed by atoms with Gasteiger partial charge in [-0.25, -0.2) is 9.98 Å². The first-order valence-electron chi connectivity index (χ1n) is 10.7. The minimum Gasteiger partial charge on any atom is -0.246 e. The molecule has 1 aliphatic carbocycles. The van der Waals surface area contributed by atoms with Gasteiger partial charge in [0.2, 0.25) is 0 Å². The van der Waals surface area contributed by atoms with E-state index < -0.39 is 0 Å². The van der Waals surface area contributed by atoms with Crippen LogP contribution in [0.4, 0.5) is 11.4 Å². The molecule has 4 aromatic rings. The zero-order chi connectivity index (χ0) is 22.4. The summed E-state index contributed by atoms with van der Waals surface area (Å²) < 4.78 is 1.99. The molecule has 158 valence electrons. The first kappa shape index (κ1) is 21.3. The fourth-order valence-electron chi connectivity index (χ4n) is 4.36. The van der Waals surface area contributed by atoms with Crippen LogP contribution in [-0.2, 0) is 0 Å². The maximum Gasteiger partial charge on any atom is 0.0979 e. The third kappa shape index (κ3) is 3.66. The highest BCUT2D eigenvalue weighted by Crippen LogP contribution is 2.38. The Morgan fingerprint density at radius 1 is 0.750 bits per heavy atom. The Morgan fingerprint density at radius 3 is 2.06 bits per heavy atom. The number of nitrogens with zero attached hydrogens (tertiary/aromatic N) is 2. The first-order chi connectivity index (χ1) is 15.4. The fraction of sp³-hybridized carbons (Fsp3) is 0.143. The Hall–Kier alpha value is -2.56. The summed E-state index contributed by atoms with van der Waals surface area (Å²) in [6, 6.07) is 25.4. The summed E-state index contributed by atoms with van der Waals surface area (Å²) in [4.78, 5) is 10.4. The minimum absolute atomic E-state index is 0.387. The third-order valence-electron chi connectivity index (χ3n) is 5.87. The van der Waals surface area contributed by atoms with E-state index in [1.165, 1.54) is 16.3 Å². The molecule has 4 heteroatoms. The van der Waals surface area contributed by atoms with Crippen LogP contribution in [0, 0.1) is 6.92 Å². The van der Waals surface area contributed by atoms with Gasteiger partial charge in [-0.2, -0.15) is 0 Å². The van der Waals surface area contributed by atoms with Gasteiger partial charge in [0.05, 0.1) is 22.8 Å². The van der Waals surface area contributed by atoms with Gasteiger partial charge in [-0.15, -0.1) is 0 Å². The Bertz CT molecular complexity index is 1400. The number of rotatable bonds is 3. The molecule has 4 aromatic carbocycles. The molecule has 0 spiro atoms. The third-order valence-corrected chi connectivity index (χ3v) is 6.93. The largest absolute Gasteiger partial charge is 0.246 e. The Balaban J connectivity index is 1.82. The molecule has 0 bridgehead atoms. The molecule has 5 rings (SSSR count). The standard InChI is InChI=1S/C28H22Br2N2/c1-16(2)20-10-4-5-13-24(20)31-27-21-11-6-8-18-9-7-12-22(25(18)21)28(27)32-26-17(3)14-19(29)15-23(26)30/h4-16H,1-3H3/b31-27+,32-28+. The van der Waals surface area contributed by atoms with E-state index in [1.54, 1.807) is 0 Å². The predicted molar refractivity (Wildman–Crippen MR) is 143 cm³/mol. The molecule has 2 nitrogen and oxygen atoms in total. The van der Waals surface area contributed by atoms with Gasteiger partial charge in [-0.3, -0.25) is 0 Å². The molecule has 0 saturated heterocycles. The van der Waals surface area contributed by atoms with Crippen LogP contribution < -0.4 is 0 Å². The molecule has 0 aromatic heterocycles. The molecular formula is C28H22Br2N2. The summed E-state index contributed by atoms with van der Waals surface area (Å²) in [5.74, 6) is 0.387. The van der Waals surface area contributed by atoms with Gasteiger partial charge < -0.3 is 0 Å². The average molecular weight is 546 g/mol. The second-order valence-electron chi connectivity index (χ2n) is 8.40. The highest BCUT2D eigenvalue weighted by atomic mass is 79.9. The zero-order valence-corrected chi connectivity index (χ0v) is 21.3. The van der Waals surface area contributed by atoms with E-state index in [2.05, 4.69) is 119 Å². The van der Waals surface area contributed by atoms with Gasteiger partial charge in [0, 0.05) is 25.5 Å². The Morgan fingerprint density at radius 2 is 1.41 bits per heavy atom. The van der Waals surface area contributed by atoms with Crippen LogP contribution in [0.1, 0.15) is 42.0 Å². The molecule has 0 aliphatic heterocycles. The Labute approximate surface area is 205 Å². The predicted octanol–water partition coefficient (Wildman–Crippen LogP) is 9.05. The average Bonchev–Trinajstić information content (AvgIpc) is 3.05. The summed E-state index contributed by atoms with van der Waals surface area (Å²) in [5, 5.41) is 2.43. The molecule has 0 atom stereocenters. The normalized spacial score (nSPS) is 15.4. The van der Waals surface area contributed by atoms with Crippen molar-refractivity contribution in [2.24, 2.45) is 9.98 Å². The minimum atomic E-state index is 0.387. The lowest BCUT2D eigenvalue weighted by atomic mass is 10.0. The molecule has 0 fully saturated rings. The van der Waals surface area contributed by atoms with Gasteiger partial charge >= 0.3 is 0 Å². The van der Waals surface area contributed by atoms with Crippen molar-refractivity contribution in [1.82, 2.24) is 0 Å². The highest BCUT2D eigenvalue weighted by Gasteiger charge is 2.28. The van der Waals surface area contributed by atoms with E-state index in [9.17, 15) is 0 Å². The van der Waals surface area contributed by atoms with Crippen molar-refractivity contribution in [2.75, 3.05) is 0 Å². The molecule has 0 heterocycles. The van der Waals surface area contributed by atoms with Crippen molar-refractivity contribution in [3.05, 3.63) is 104 Å². The molecule has 0 amide bonds. The van der Waals surface area contributed by atoms with Crippen molar-refractivity contribution >= 4 is 65.4 Å². The SMILES string of the molecule is Cc1cc(Br)cc(Br)c1/N=C1/C(=N/c2ccccc2C(C)C)c2cccc3cccc1c23. The van der Waals surface area contributed by atoms with E-state index in [0.717, 1.165) is 48.4 Å². The van der Waals surface area contributed by atoms with Gasteiger partial charge in [-0.1, -0.05) is 84.4 Å². The molecule has 0 N–H and O–H groups in total. The monoisotopic (exact) mass is 544 g/mol. The second kappa shape index (κ2) is 8.42. The zero-order valence-electron chi connectivity index (χ0n) is 18.2. The van der Waals surface area contributed by atoms with Crippen LogP contribution in [-0.4, -0.2) is 11.4 Å². The summed E-state index contributed by atoms with van der Waals surface area (Å²) in [6.45, 7) is 6.50. The van der Waals surface area contributed by atoms with Gasteiger partial charge in [0.25, 0.3) is 0 Å². The van der Waals surface area contributed by atoms with E-state index >= 15 is 0 Å². The van der Waals surface area contributed by atoms with Crippen LogP contribution in [0.3, 0.4) is 0 Å². The fourth-order valence-corrected chi connectivity index (χ4v) is 5.89. The van der Waals surface area contributed by atoms with Crippen LogP contribution in [0.25, 0.3) is 10.8 Å². The molecule has 1 aliphatic rings. The molecule has 0 unspecified atom stereocenters. The maximum atomic E-state index is 5.23. The van der Waals surface area contributed by atoms with Crippen LogP contribution in [0.15, 0.2) is 91.7 Å². The quantitative estimate of drug-likeness (QED) is 0.245. The van der Waals surface area contributed by atoms with Crippen molar-refractivity contribution in [1.29, 1.82) is 0 Å². The van der Waals surface area contributed by atoms with Crippen LogP contribution in [0.2, 0.25) is 0 Å². The lowest BCUT2D eigenvalue weighted by molar-refractivity contribution is 0.867. The highest BCUT2D eigenvalue weighted by molar-refractivity contribution is 9.11.